The number of amides is 1. The number of nitroso groups, excluding NO2 is 1. The van der Waals surface area contributed by atoms with Gasteiger partial charge in [0.05, 0.1) is 10.3 Å². The Morgan fingerprint density at radius 3 is 2.70 bits per heavy atom. The van der Waals surface area contributed by atoms with Crippen LogP contribution in [0.1, 0.15) is 23.2 Å². The van der Waals surface area contributed by atoms with E-state index in [4.69, 9.17) is 0 Å². The standard InChI is InChI=1S/C14H18N4O4S/c1-18-7-4-14(5-8-18,23-17-22)11(13(20)21)16-12(19)10-3-2-6-15-9-10/h2-3,6,9,11H,4-5,7-8H2,1H3,(H,16,19)(H,20,21). The van der Waals surface area contributed by atoms with E-state index in [9.17, 15) is 19.6 Å². The minimum Gasteiger partial charge on any atom is -0.480 e. The molecule has 0 radical (unpaired) electrons. The molecule has 0 aromatic carbocycles. The molecule has 1 fully saturated rings. The lowest BCUT2D eigenvalue weighted by Gasteiger charge is -2.41. The van der Waals surface area contributed by atoms with E-state index in [0.717, 1.165) is 0 Å². The van der Waals surface area contributed by atoms with Crippen molar-refractivity contribution in [3.05, 3.63) is 35.0 Å². The summed E-state index contributed by atoms with van der Waals surface area (Å²) in [5.41, 5.74) is 0.269. The number of carbonyl (C=O) groups is 2. The highest BCUT2D eigenvalue weighted by Gasteiger charge is 2.47. The van der Waals surface area contributed by atoms with Gasteiger partial charge in [0.1, 0.15) is 6.04 Å². The van der Waals surface area contributed by atoms with Crippen LogP contribution in [0.3, 0.4) is 0 Å². The van der Waals surface area contributed by atoms with Crippen molar-refractivity contribution in [2.45, 2.75) is 23.6 Å². The van der Waals surface area contributed by atoms with E-state index < -0.39 is 22.7 Å². The molecule has 1 atom stereocenters. The smallest absolute Gasteiger partial charge is 0.327 e. The number of pyridine rings is 1. The van der Waals surface area contributed by atoms with Gasteiger partial charge in [0.25, 0.3) is 5.91 Å². The fourth-order valence-corrected chi connectivity index (χ4v) is 3.41. The van der Waals surface area contributed by atoms with Gasteiger partial charge >= 0.3 is 5.97 Å². The number of nitrogens with one attached hydrogen (secondary N) is 1. The van der Waals surface area contributed by atoms with E-state index >= 15 is 0 Å². The first kappa shape index (κ1) is 17.4. The van der Waals surface area contributed by atoms with Crippen LogP contribution in [-0.4, -0.2) is 57.8 Å². The van der Waals surface area contributed by atoms with Crippen molar-refractivity contribution in [1.82, 2.24) is 15.2 Å². The predicted octanol–water partition coefficient (Wildman–Crippen LogP) is 1.14. The summed E-state index contributed by atoms with van der Waals surface area (Å²) in [7, 11) is 1.92. The van der Waals surface area contributed by atoms with E-state index in [2.05, 4.69) is 14.9 Å². The number of likely N-dealkylation sites (tertiary alicyclic amines) is 1. The van der Waals surface area contributed by atoms with Gasteiger partial charge < -0.3 is 15.3 Å². The highest BCUT2D eigenvalue weighted by Crippen LogP contribution is 2.40. The number of carboxylic acids is 1. The lowest BCUT2D eigenvalue weighted by molar-refractivity contribution is -0.140. The van der Waals surface area contributed by atoms with Crippen LogP contribution in [0.2, 0.25) is 0 Å². The average Bonchev–Trinajstić information content (AvgIpc) is 2.55. The number of carboxylic acid groups (broad SMARTS) is 1. The molecule has 0 saturated carbocycles. The molecule has 8 nitrogen and oxygen atoms in total. The maximum Gasteiger partial charge on any atom is 0.327 e. The Balaban J connectivity index is 2.23. The summed E-state index contributed by atoms with van der Waals surface area (Å²) in [6.07, 6.45) is 3.78. The fourth-order valence-electron chi connectivity index (χ4n) is 2.63. The van der Waals surface area contributed by atoms with Crippen LogP contribution < -0.4 is 5.32 Å². The molecular weight excluding hydrogens is 320 g/mol. The molecule has 1 aromatic heterocycles. The van der Waals surface area contributed by atoms with Crippen molar-refractivity contribution >= 4 is 23.8 Å². The second kappa shape index (κ2) is 7.51. The largest absolute Gasteiger partial charge is 0.480 e. The average molecular weight is 338 g/mol. The summed E-state index contributed by atoms with van der Waals surface area (Å²) < 4.78 is 1.91. The van der Waals surface area contributed by atoms with Crippen LogP contribution in [0, 0.1) is 4.91 Å². The second-order valence-corrected chi connectivity index (χ2v) is 6.66. The van der Waals surface area contributed by atoms with Gasteiger partial charge in [0, 0.05) is 28.9 Å². The minimum atomic E-state index is -1.20. The number of carbonyl (C=O) groups excluding carboxylic acids is 1. The maximum atomic E-state index is 12.3. The highest BCUT2D eigenvalue weighted by molar-refractivity contribution is 7.99. The molecule has 23 heavy (non-hydrogen) atoms. The number of piperidine rings is 1. The van der Waals surface area contributed by atoms with Crippen molar-refractivity contribution in [3.63, 3.8) is 0 Å². The first-order valence-electron chi connectivity index (χ1n) is 7.11. The molecular formula is C14H18N4O4S. The monoisotopic (exact) mass is 338 g/mol. The molecule has 1 aliphatic rings. The Bertz CT molecular complexity index is 575. The Kier molecular flexibility index (Phi) is 5.67. The number of rotatable bonds is 6. The lowest BCUT2D eigenvalue weighted by atomic mass is 9.88. The predicted molar refractivity (Wildman–Crippen MR) is 86.0 cm³/mol. The summed E-state index contributed by atoms with van der Waals surface area (Å²) in [6.45, 7) is 1.27. The van der Waals surface area contributed by atoms with Gasteiger partial charge in [0.15, 0.2) is 0 Å². The van der Waals surface area contributed by atoms with E-state index in [1.165, 1.54) is 12.4 Å². The van der Waals surface area contributed by atoms with E-state index in [0.29, 0.717) is 37.9 Å². The molecule has 0 spiro atoms. The van der Waals surface area contributed by atoms with Gasteiger partial charge in [-0.1, -0.05) is 0 Å². The van der Waals surface area contributed by atoms with Gasteiger partial charge in [-0.05, 0) is 45.1 Å². The van der Waals surface area contributed by atoms with E-state index in [-0.39, 0.29) is 5.56 Å². The van der Waals surface area contributed by atoms with Gasteiger partial charge in [-0.25, -0.2) is 4.79 Å². The normalized spacial score (nSPS) is 18.8. The first-order valence-corrected chi connectivity index (χ1v) is 7.89. The molecule has 1 amide bonds. The summed E-state index contributed by atoms with van der Waals surface area (Å²) in [4.78, 5) is 40.7. The number of aromatic nitrogens is 1. The molecule has 1 unspecified atom stereocenters. The molecule has 1 saturated heterocycles. The zero-order chi connectivity index (χ0) is 16.9. The summed E-state index contributed by atoms with van der Waals surface area (Å²) >= 11 is 0.707. The lowest BCUT2D eigenvalue weighted by Crippen LogP contribution is -2.58. The van der Waals surface area contributed by atoms with Gasteiger partial charge in [-0.3, -0.25) is 9.78 Å². The molecule has 0 bridgehead atoms. The SMILES string of the molecule is CN1CCC(SN=O)(C(NC(=O)c2cccnc2)C(=O)O)CC1. The Hall–Kier alpha value is -2.00. The summed E-state index contributed by atoms with van der Waals surface area (Å²) in [5, 5.41) is 12.1. The van der Waals surface area contributed by atoms with Crippen LogP contribution in [-0.2, 0) is 4.79 Å². The number of hydrogen-bond donors (Lipinski definition) is 2. The third-order valence-electron chi connectivity index (χ3n) is 4.02. The van der Waals surface area contributed by atoms with Gasteiger partial charge in [-0.2, -0.15) is 0 Å². The fraction of sp³-hybridized carbons (Fsp3) is 0.500. The first-order chi connectivity index (χ1) is 11.0. The molecule has 2 rings (SSSR count). The third-order valence-corrected chi connectivity index (χ3v) is 5.11. The Morgan fingerprint density at radius 2 is 2.17 bits per heavy atom. The minimum absolute atomic E-state index is 0.269. The third kappa shape index (κ3) is 4.05. The maximum absolute atomic E-state index is 12.3. The Morgan fingerprint density at radius 1 is 1.48 bits per heavy atom. The molecule has 9 heteroatoms. The summed E-state index contributed by atoms with van der Waals surface area (Å²) in [6, 6.07) is 1.94. The molecule has 2 heterocycles. The van der Waals surface area contributed by atoms with Crippen molar-refractivity contribution in [2.24, 2.45) is 4.58 Å². The van der Waals surface area contributed by atoms with Crippen LogP contribution >= 0.6 is 11.9 Å². The zero-order valence-corrected chi connectivity index (χ0v) is 13.5. The summed E-state index contributed by atoms with van der Waals surface area (Å²) in [5.74, 6) is -1.71. The van der Waals surface area contributed by atoms with Crippen LogP contribution in [0.15, 0.2) is 29.1 Å². The van der Waals surface area contributed by atoms with E-state index in [1.807, 2.05) is 11.9 Å². The highest BCUT2D eigenvalue weighted by atomic mass is 32.2. The zero-order valence-electron chi connectivity index (χ0n) is 12.6. The van der Waals surface area contributed by atoms with Gasteiger partial charge in [0.2, 0.25) is 0 Å². The van der Waals surface area contributed by atoms with Crippen molar-refractivity contribution < 1.29 is 14.7 Å². The molecule has 1 aromatic rings. The number of aliphatic carboxylic acids is 1. The van der Waals surface area contributed by atoms with Crippen LogP contribution in [0.5, 0.6) is 0 Å². The van der Waals surface area contributed by atoms with Crippen LogP contribution in [0.25, 0.3) is 0 Å². The molecule has 0 aliphatic carbocycles. The molecule has 1 aliphatic heterocycles. The Labute approximate surface area is 137 Å². The van der Waals surface area contributed by atoms with Crippen LogP contribution in [0.4, 0.5) is 0 Å². The van der Waals surface area contributed by atoms with E-state index in [1.54, 1.807) is 12.1 Å². The van der Waals surface area contributed by atoms with Crippen molar-refractivity contribution in [2.75, 3.05) is 20.1 Å². The van der Waals surface area contributed by atoms with Crippen molar-refractivity contribution in [3.8, 4) is 0 Å². The second-order valence-electron chi connectivity index (χ2n) is 5.52. The number of nitrogens with zero attached hydrogens (tertiary/aromatic N) is 3. The quantitative estimate of drug-likeness (QED) is 0.591. The molecule has 124 valence electrons. The van der Waals surface area contributed by atoms with Crippen molar-refractivity contribution in [1.29, 1.82) is 0 Å². The topological polar surface area (TPSA) is 112 Å². The molecule has 2 N–H and O–H groups in total. The number of hydrogen-bond acceptors (Lipinski definition) is 7. The van der Waals surface area contributed by atoms with Gasteiger partial charge in [-0.15, -0.1) is 4.91 Å².